The third kappa shape index (κ3) is 3.90. The third-order valence-electron chi connectivity index (χ3n) is 4.84. The molecule has 2 heterocycles. The number of carbonyl (C=O) groups excluding carboxylic acids is 2. The van der Waals surface area contributed by atoms with E-state index in [-0.39, 0.29) is 29.1 Å². The van der Waals surface area contributed by atoms with E-state index in [1.54, 1.807) is 4.90 Å². The van der Waals surface area contributed by atoms with Crippen LogP contribution in [-0.2, 0) is 9.59 Å². The molecule has 2 rings (SSSR count). The number of nitrogens with zero attached hydrogens (tertiary/aromatic N) is 1. The summed E-state index contributed by atoms with van der Waals surface area (Å²) in [6.45, 7) is 2.87. The molecule has 0 radical (unpaired) electrons. The first-order valence-electron chi connectivity index (χ1n) is 8.94. The van der Waals surface area contributed by atoms with Crippen molar-refractivity contribution in [3.8, 4) is 0 Å². The van der Waals surface area contributed by atoms with E-state index >= 15 is 0 Å². The van der Waals surface area contributed by atoms with Crippen molar-refractivity contribution in [2.24, 2.45) is 0 Å². The second-order valence-electron chi connectivity index (χ2n) is 6.56. The highest BCUT2D eigenvalue weighted by Crippen LogP contribution is 2.32. The largest absolute Gasteiger partial charge is 0.509 e. The van der Waals surface area contributed by atoms with Crippen LogP contribution < -0.4 is 0 Å². The molecule has 0 aromatic heterocycles. The fourth-order valence-electron chi connectivity index (χ4n) is 3.51. The Morgan fingerprint density at radius 3 is 2.50 bits per heavy atom. The van der Waals surface area contributed by atoms with Crippen LogP contribution in [0.15, 0.2) is 11.3 Å². The zero-order valence-electron chi connectivity index (χ0n) is 13.8. The van der Waals surface area contributed by atoms with Gasteiger partial charge in [0.1, 0.15) is 11.3 Å². The van der Waals surface area contributed by atoms with Gasteiger partial charge in [-0.2, -0.15) is 0 Å². The molecule has 0 aromatic carbocycles. The van der Waals surface area contributed by atoms with Gasteiger partial charge in [-0.25, -0.2) is 0 Å². The monoisotopic (exact) mass is 307 g/mol. The molecule has 1 N–H and O–H groups in total. The van der Waals surface area contributed by atoms with E-state index in [0.717, 1.165) is 38.5 Å². The molecule has 4 heteroatoms. The molecule has 1 saturated heterocycles. The first kappa shape index (κ1) is 17.0. The number of aliphatic hydroxyl groups excluding tert-OH is 1. The number of ketones is 1. The number of unbranched alkanes of at least 4 members (excludes halogenated alkanes) is 6. The lowest BCUT2D eigenvalue weighted by Gasteiger charge is -2.29. The third-order valence-corrected chi connectivity index (χ3v) is 4.84. The molecular weight excluding hydrogens is 278 g/mol. The van der Waals surface area contributed by atoms with Crippen LogP contribution in [0.4, 0.5) is 0 Å². The average molecular weight is 307 g/mol. The van der Waals surface area contributed by atoms with Crippen LogP contribution in [0.25, 0.3) is 0 Å². The second kappa shape index (κ2) is 8.35. The predicted octanol–water partition coefficient (Wildman–Crippen LogP) is 3.90. The van der Waals surface area contributed by atoms with Crippen LogP contribution in [0.5, 0.6) is 0 Å². The van der Waals surface area contributed by atoms with Crippen molar-refractivity contribution in [3.63, 3.8) is 0 Å². The number of hydrogen-bond donors (Lipinski definition) is 1. The van der Waals surface area contributed by atoms with Crippen molar-refractivity contribution in [2.45, 2.75) is 83.6 Å². The molecule has 0 aliphatic carbocycles. The molecule has 4 nitrogen and oxygen atoms in total. The highest BCUT2D eigenvalue weighted by atomic mass is 16.3. The van der Waals surface area contributed by atoms with Gasteiger partial charge in [0.2, 0.25) is 0 Å². The van der Waals surface area contributed by atoms with Crippen LogP contribution in [0.1, 0.15) is 77.6 Å². The van der Waals surface area contributed by atoms with Gasteiger partial charge < -0.3 is 10.0 Å². The maximum Gasteiger partial charge on any atom is 0.261 e. The predicted molar refractivity (Wildman–Crippen MR) is 86.6 cm³/mol. The first-order valence-corrected chi connectivity index (χ1v) is 8.94. The molecule has 124 valence electrons. The van der Waals surface area contributed by atoms with Gasteiger partial charge in [0.15, 0.2) is 5.78 Å². The zero-order chi connectivity index (χ0) is 15.9. The molecule has 1 atom stereocenters. The normalized spacial score (nSPS) is 21.4. The van der Waals surface area contributed by atoms with Gasteiger partial charge >= 0.3 is 0 Å². The zero-order valence-corrected chi connectivity index (χ0v) is 13.8. The summed E-state index contributed by atoms with van der Waals surface area (Å²) in [5.74, 6) is -0.363. The Kier molecular flexibility index (Phi) is 6.47. The van der Waals surface area contributed by atoms with E-state index in [1.165, 1.54) is 25.7 Å². The molecule has 0 saturated carbocycles. The van der Waals surface area contributed by atoms with Crippen LogP contribution in [0.3, 0.4) is 0 Å². The minimum absolute atomic E-state index is 0.0395. The molecule has 0 spiro atoms. The second-order valence-corrected chi connectivity index (χ2v) is 6.56. The minimum Gasteiger partial charge on any atom is -0.509 e. The molecule has 22 heavy (non-hydrogen) atoms. The number of fused-ring (bicyclic) bond motifs is 1. The quantitative estimate of drug-likeness (QED) is 0.519. The molecule has 2 aliphatic rings. The van der Waals surface area contributed by atoms with Gasteiger partial charge in [0.25, 0.3) is 5.91 Å². The molecule has 1 amide bonds. The summed E-state index contributed by atoms with van der Waals surface area (Å²) in [7, 11) is 0. The smallest absolute Gasteiger partial charge is 0.261 e. The summed E-state index contributed by atoms with van der Waals surface area (Å²) in [6.07, 6.45) is 11.2. The number of hydrogen-bond acceptors (Lipinski definition) is 3. The van der Waals surface area contributed by atoms with E-state index in [0.29, 0.717) is 13.0 Å². The molecule has 2 aliphatic heterocycles. The first-order chi connectivity index (χ1) is 10.7. The SMILES string of the molecule is CCCCCCCCCC(=O)C1=C(O)[C@@H]2CCCCN2C1=O. The fourth-order valence-corrected chi connectivity index (χ4v) is 3.51. The number of amides is 1. The van der Waals surface area contributed by atoms with Gasteiger partial charge in [-0.1, -0.05) is 45.4 Å². The van der Waals surface area contributed by atoms with Gasteiger partial charge in [-0.05, 0) is 25.7 Å². The van der Waals surface area contributed by atoms with Crippen molar-refractivity contribution in [2.75, 3.05) is 6.54 Å². The van der Waals surface area contributed by atoms with E-state index in [4.69, 9.17) is 0 Å². The summed E-state index contributed by atoms with van der Waals surface area (Å²) >= 11 is 0. The maximum atomic E-state index is 12.3. The fraction of sp³-hybridized carbons (Fsp3) is 0.778. The topological polar surface area (TPSA) is 57.6 Å². The van der Waals surface area contributed by atoms with E-state index in [1.807, 2.05) is 0 Å². The summed E-state index contributed by atoms with van der Waals surface area (Å²) in [4.78, 5) is 26.2. The molecule has 1 fully saturated rings. The van der Waals surface area contributed by atoms with Crippen LogP contribution in [0.2, 0.25) is 0 Å². The van der Waals surface area contributed by atoms with E-state index in [2.05, 4.69) is 6.92 Å². The van der Waals surface area contributed by atoms with Crippen molar-refractivity contribution in [1.29, 1.82) is 0 Å². The summed E-state index contributed by atoms with van der Waals surface area (Å²) in [6, 6.07) is -0.228. The Morgan fingerprint density at radius 2 is 1.82 bits per heavy atom. The van der Waals surface area contributed by atoms with Crippen LogP contribution >= 0.6 is 0 Å². The Bertz CT molecular complexity index is 442. The number of aliphatic hydroxyl groups is 1. The molecule has 0 bridgehead atoms. The highest BCUT2D eigenvalue weighted by molar-refractivity contribution is 6.21. The van der Waals surface area contributed by atoms with Crippen molar-refractivity contribution in [3.05, 3.63) is 11.3 Å². The average Bonchev–Trinajstić information content (AvgIpc) is 2.78. The number of Topliss-reactive ketones (excluding diaryl/α,β-unsaturated/α-hetero) is 1. The number of carbonyl (C=O) groups is 2. The molecule has 0 unspecified atom stereocenters. The van der Waals surface area contributed by atoms with Gasteiger partial charge in [-0.3, -0.25) is 9.59 Å². The Balaban J connectivity index is 1.77. The lowest BCUT2D eigenvalue weighted by atomic mass is 10.0. The molecule has 0 aromatic rings. The Labute approximate surface area is 133 Å². The van der Waals surface area contributed by atoms with E-state index < -0.39 is 0 Å². The van der Waals surface area contributed by atoms with Crippen molar-refractivity contribution in [1.82, 2.24) is 4.90 Å². The summed E-state index contributed by atoms with van der Waals surface area (Å²) in [5.41, 5.74) is 0.0814. The number of piperidine rings is 1. The van der Waals surface area contributed by atoms with Crippen LogP contribution in [-0.4, -0.2) is 34.3 Å². The molecular formula is C18H29NO3. The Hall–Kier alpha value is -1.32. The lowest BCUT2D eigenvalue weighted by molar-refractivity contribution is -0.130. The van der Waals surface area contributed by atoms with Crippen molar-refractivity contribution < 1.29 is 14.7 Å². The number of rotatable bonds is 9. The summed E-state index contributed by atoms with van der Waals surface area (Å²) in [5, 5.41) is 10.2. The van der Waals surface area contributed by atoms with Gasteiger partial charge in [0, 0.05) is 13.0 Å². The highest BCUT2D eigenvalue weighted by Gasteiger charge is 2.42. The van der Waals surface area contributed by atoms with Crippen molar-refractivity contribution >= 4 is 11.7 Å². The van der Waals surface area contributed by atoms with E-state index in [9.17, 15) is 14.7 Å². The Morgan fingerprint density at radius 1 is 1.14 bits per heavy atom. The minimum atomic E-state index is -0.241. The van der Waals surface area contributed by atoms with Gasteiger partial charge in [-0.15, -0.1) is 0 Å². The standard InChI is InChI=1S/C18H29NO3/c1-2-3-4-5-6-7-8-12-15(20)16-17(21)14-11-9-10-13-19(14)18(16)22/h14,21H,2-13H2,1H3/t14-/m0/s1. The maximum absolute atomic E-state index is 12.3. The lowest BCUT2D eigenvalue weighted by Crippen LogP contribution is -2.39. The van der Waals surface area contributed by atoms with Gasteiger partial charge in [0.05, 0.1) is 6.04 Å². The summed E-state index contributed by atoms with van der Waals surface area (Å²) < 4.78 is 0. The van der Waals surface area contributed by atoms with Crippen LogP contribution in [0, 0.1) is 0 Å².